The van der Waals surface area contributed by atoms with Crippen molar-refractivity contribution < 1.29 is 12.9 Å². The number of nitrogens with zero attached hydrogens (tertiary/aromatic N) is 3. The molecule has 1 aromatic carbocycles. The minimum atomic E-state index is -4.02. The number of hydrogen-bond donors (Lipinski definition) is 0. The molecule has 0 radical (unpaired) electrons. The Kier molecular flexibility index (Phi) is 5.43. The fourth-order valence-corrected chi connectivity index (χ4v) is 4.17. The lowest BCUT2D eigenvalue weighted by Crippen LogP contribution is -2.31. The van der Waals surface area contributed by atoms with Gasteiger partial charge in [-0.1, -0.05) is 46.0 Å². The standard InChI is InChI=1S/C16H12Cl3N3O3S/c1-10-7-16(21-25-10)22(9-12-13(17)3-2-4-14(12)18)26(23,24)11-5-6-15(19)20-8-11/h2-8H,9H2,1H3. The molecule has 0 N–H and O–H groups in total. The van der Waals surface area contributed by atoms with Gasteiger partial charge in [0, 0.05) is 27.9 Å². The summed E-state index contributed by atoms with van der Waals surface area (Å²) in [5.74, 6) is 0.563. The topological polar surface area (TPSA) is 76.3 Å². The Morgan fingerprint density at radius 2 is 1.81 bits per heavy atom. The number of pyridine rings is 1. The highest BCUT2D eigenvalue weighted by molar-refractivity contribution is 7.92. The van der Waals surface area contributed by atoms with E-state index in [9.17, 15) is 8.42 Å². The Bertz CT molecular complexity index is 1020. The minimum Gasteiger partial charge on any atom is -0.360 e. The van der Waals surface area contributed by atoms with E-state index in [1.54, 1.807) is 25.1 Å². The zero-order valence-corrected chi connectivity index (χ0v) is 16.4. The highest BCUT2D eigenvalue weighted by Gasteiger charge is 2.29. The third-order valence-corrected chi connectivity index (χ3v) is 6.19. The Labute approximate surface area is 165 Å². The predicted octanol–water partition coefficient (Wildman–Crippen LogP) is 4.73. The first kappa shape index (κ1) is 19.0. The number of hydrogen-bond acceptors (Lipinski definition) is 5. The fourth-order valence-electron chi connectivity index (χ4n) is 2.23. The van der Waals surface area contributed by atoms with Crippen LogP contribution in [0.3, 0.4) is 0 Å². The van der Waals surface area contributed by atoms with Gasteiger partial charge in [0.1, 0.15) is 15.8 Å². The minimum absolute atomic E-state index is 0.0503. The van der Waals surface area contributed by atoms with E-state index in [-0.39, 0.29) is 22.4 Å². The van der Waals surface area contributed by atoms with Gasteiger partial charge < -0.3 is 4.52 Å². The number of rotatable bonds is 5. The number of sulfonamides is 1. The van der Waals surface area contributed by atoms with Crippen molar-refractivity contribution in [2.45, 2.75) is 18.4 Å². The second-order valence-corrected chi connectivity index (χ2v) is 8.39. The van der Waals surface area contributed by atoms with Crippen LogP contribution in [0.15, 0.2) is 52.0 Å². The Morgan fingerprint density at radius 3 is 2.35 bits per heavy atom. The predicted molar refractivity (Wildman–Crippen MR) is 100 cm³/mol. The number of aryl methyl sites for hydroxylation is 1. The van der Waals surface area contributed by atoms with E-state index in [4.69, 9.17) is 39.3 Å². The average Bonchev–Trinajstić information content (AvgIpc) is 3.00. The summed E-state index contributed by atoms with van der Waals surface area (Å²) < 4.78 is 32.4. The van der Waals surface area contributed by atoms with Gasteiger partial charge in [-0.3, -0.25) is 0 Å². The highest BCUT2D eigenvalue weighted by atomic mass is 35.5. The third kappa shape index (κ3) is 3.81. The Hall–Kier alpha value is -1.80. The zero-order chi connectivity index (χ0) is 18.9. The zero-order valence-electron chi connectivity index (χ0n) is 13.4. The molecule has 136 valence electrons. The van der Waals surface area contributed by atoms with E-state index in [0.717, 1.165) is 4.31 Å². The Morgan fingerprint density at radius 1 is 1.12 bits per heavy atom. The molecule has 0 aliphatic rings. The number of anilines is 1. The molecule has 10 heteroatoms. The Balaban J connectivity index is 2.11. The van der Waals surface area contributed by atoms with Gasteiger partial charge in [-0.25, -0.2) is 17.7 Å². The van der Waals surface area contributed by atoms with Gasteiger partial charge in [0.2, 0.25) is 0 Å². The van der Waals surface area contributed by atoms with Gasteiger partial charge >= 0.3 is 0 Å². The lowest BCUT2D eigenvalue weighted by atomic mass is 10.2. The summed E-state index contributed by atoms with van der Waals surface area (Å²) in [6.07, 6.45) is 1.17. The highest BCUT2D eigenvalue weighted by Crippen LogP contribution is 2.31. The van der Waals surface area contributed by atoms with Crippen LogP contribution in [0.2, 0.25) is 15.2 Å². The molecule has 0 unspecified atom stereocenters. The van der Waals surface area contributed by atoms with Crippen molar-refractivity contribution in [3.8, 4) is 0 Å². The second-order valence-electron chi connectivity index (χ2n) is 5.32. The molecule has 3 rings (SSSR count). The van der Waals surface area contributed by atoms with E-state index < -0.39 is 10.0 Å². The van der Waals surface area contributed by atoms with Crippen LogP contribution in [-0.4, -0.2) is 18.6 Å². The van der Waals surface area contributed by atoms with Crippen molar-refractivity contribution in [2.24, 2.45) is 0 Å². The monoisotopic (exact) mass is 431 g/mol. The molecule has 0 atom stereocenters. The first-order chi connectivity index (χ1) is 12.3. The molecular formula is C16H12Cl3N3O3S. The lowest BCUT2D eigenvalue weighted by Gasteiger charge is -2.22. The van der Waals surface area contributed by atoms with Gasteiger partial charge in [0.05, 0.1) is 6.54 Å². The SMILES string of the molecule is Cc1cc(N(Cc2c(Cl)cccc2Cl)S(=O)(=O)c2ccc(Cl)nc2)no1. The summed E-state index contributed by atoms with van der Waals surface area (Å²) in [7, 11) is -4.02. The maximum absolute atomic E-state index is 13.2. The lowest BCUT2D eigenvalue weighted by molar-refractivity contribution is 0.398. The second kappa shape index (κ2) is 7.44. The molecular weight excluding hydrogens is 421 g/mol. The molecule has 6 nitrogen and oxygen atoms in total. The molecule has 2 heterocycles. The van der Waals surface area contributed by atoms with Crippen LogP contribution in [0.4, 0.5) is 5.82 Å². The van der Waals surface area contributed by atoms with Crippen LogP contribution < -0.4 is 4.31 Å². The van der Waals surface area contributed by atoms with Crippen LogP contribution >= 0.6 is 34.8 Å². The van der Waals surface area contributed by atoms with E-state index in [2.05, 4.69) is 10.1 Å². The molecule has 0 saturated heterocycles. The van der Waals surface area contributed by atoms with Crippen molar-refractivity contribution in [1.29, 1.82) is 0 Å². The van der Waals surface area contributed by atoms with Crippen molar-refractivity contribution in [1.82, 2.24) is 10.1 Å². The number of benzene rings is 1. The first-order valence-electron chi connectivity index (χ1n) is 7.29. The maximum atomic E-state index is 13.2. The summed E-state index contributed by atoms with van der Waals surface area (Å²) in [5.41, 5.74) is 0.446. The first-order valence-corrected chi connectivity index (χ1v) is 9.87. The van der Waals surface area contributed by atoms with Crippen LogP contribution in [0.25, 0.3) is 0 Å². The molecule has 0 amide bonds. The van der Waals surface area contributed by atoms with Gasteiger partial charge in [-0.15, -0.1) is 0 Å². The van der Waals surface area contributed by atoms with E-state index in [1.165, 1.54) is 24.4 Å². The molecule has 0 spiro atoms. The summed E-state index contributed by atoms with van der Waals surface area (Å²) in [6, 6.07) is 9.20. The van der Waals surface area contributed by atoms with Crippen molar-refractivity contribution in [3.05, 3.63) is 69.1 Å². The molecule has 2 aromatic heterocycles. The quantitative estimate of drug-likeness (QED) is 0.545. The van der Waals surface area contributed by atoms with Gasteiger partial charge in [0.25, 0.3) is 10.0 Å². The van der Waals surface area contributed by atoms with Gasteiger partial charge in [-0.2, -0.15) is 0 Å². The molecule has 0 bridgehead atoms. The van der Waals surface area contributed by atoms with E-state index in [0.29, 0.717) is 21.4 Å². The maximum Gasteiger partial charge on any atom is 0.267 e. The van der Waals surface area contributed by atoms with Crippen molar-refractivity contribution in [3.63, 3.8) is 0 Å². The van der Waals surface area contributed by atoms with Crippen LogP contribution in [0.5, 0.6) is 0 Å². The van der Waals surface area contributed by atoms with E-state index in [1.807, 2.05) is 0 Å². The summed E-state index contributed by atoms with van der Waals surface area (Å²) >= 11 is 18.2. The largest absolute Gasteiger partial charge is 0.360 e. The van der Waals surface area contributed by atoms with Crippen molar-refractivity contribution in [2.75, 3.05) is 4.31 Å². The molecule has 0 fully saturated rings. The molecule has 0 aliphatic heterocycles. The number of halogens is 3. The average molecular weight is 433 g/mol. The van der Waals surface area contributed by atoms with Crippen LogP contribution in [0, 0.1) is 6.92 Å². The summed E-state index contributed by atoms with van der Waals surface area (Å²) in [5, 5.41) is 4.68. The summed E-state index contributed by atoms with van der Waals surface area (Å²) in [6.45, 7) is 1.53. The van der Waals surface area contributed by atoms with Crippen LogP contribution in [0.1, 0.15) is 11.3 Å². The van der Waals surface area contributed by atoms with Crippen LogP contribution in [-0.2, 0) is 16.6 Å². The van der Waals surface area contributed by atoms with Gasteiger partial charge in [-0.05, 0) is 31.2 Å². The van der Waals surface area contributed by atoms with E-state index >= 15 is 0 Å². The fraction of sp³-hybridized carbons (Fsp3) is 0.125. The smallest absolute Gasteiger partial charge is 0.267 e. The molecule has 3 aromatic rings. The normalized spacial score (nSPS) is 11.5. The number of aromatic nitrogens is 2. The molecule has 0 aliphatic carbocycles. The summed E-state index contributed by atoms with van der Waals surface area (Å²) in [4.78, 5) is 3.78. The third-order valence-electron chi connectivity index (χ3n) is 3.52. The van der Waals surface area contributed by atoms with Crippen molar-refractivity contribution >= 4 is 50.6 Å². The molecule has 0 saturated carbocycles. The van der Waals surface area contributed by atoms with Gasteiger partial charge in [0.15, 0.2) is 5.82 Å². The molecule has 26 heavy (non-hydrogen) atoms.